The second kappa shape index (κ2) is 4.90. The highest BCUT2D eigenvalue weighted by molar-refractivity contribution is 5.10. The van der Waals surface area contributed by atoms with E-state index < -0.39 is 0 Å². The zero-order valence-corrected chi connectivity index (χ0v) is 9.55. The average molecular weight is 217 g/mol. The number of aryl methyl sites for hydroxylation is 1. The highest BCUT2D eigenvalue weighted by Crippen LogP contribution is 2.07. The second-order valence-electron chi connectivity index (χ2n) is 3.96. The minimum Gasteiger partial charge on any atom is -0.361 e. The SMILES string of the molecule is Cc1cc(CN(C)Cc2ccncc2)no1. The highest BCUT2D eigenvalue weighted by atomic mass is 16.5. The Kier molecular flexibility index (Phi) is 3.31. The zero-order valence-electron chi connectivity index (χ0n) is 9.55. The molecule has 2 rings (SSSR count). The molecule has 4 nitrogen and oxygen atoms in total. The van der Waals surface area contributed by atoms with Gasteiger partial charge < -0.3 is 4.52 Å². The van der Waals surface area contributed by atoms with Crippen LogP contribution in [0.3, 0.4) is 0 Å². The molecule has 0 spiro atoms. The van der Waals surface area contributed by atoms with Gasteiger partial charge in [-0.25, -0.2) is 0 Å². The third-order valence-corrected chi connectivity index (χ3v) is 2.31. The molecular weight excluding hydrogens is 202 g/mol. The lowest BCUT2D eigenvalue weighted by Crippen LogP contribution is -2.17. The minimum absolute atomic E-state index is 0.791. The second-order valence-corrected chi connectivity index (χ2v) is 3.96. The molecule has 0 atom stereocenters. The van der Waals surface area contributed by atoms with Crippen molar-refractivity contribution in [1.82, 2.24) is 15.0 Å². The van der Waals surface area contributed by atoms with Gasteiger partial charge in [-0.2, -0.15) is 0 Å². The first-order chi connectivity index (χ1) is 7.74. The summed E-state index contributed by atoms with van der Waals surface area (Å²) in [5.41, 5.74) is 2.21. The summed E-state index contributed by atoms with van der Waals surface area (Å²) < 4.78 is 5.03. The molecule has 0 radical (unpaired) electrons. The van der Waals surface area contributed by atoms with Crippen LogP contribution in [0.5, 0.6) is 0 Å². The van der Waals surface area contributed by atoms with E-state index in [4.69, 9.17) is 4.52 Å². The lowest BCUT2D eigenvalue weighted by Gasteiger charge is -2.14. The molecule has 84 valence electrons. The average Bonchev–Trinajstić information content (AvgIpc) is 2.65. The Morgan fingerprint density at radius 1 is 1.25 bits per heavy atom. The van der Waals surface area contributed by atoms with Gasteiger partial charge in [0.1, 0.15) is 5.76 Å². The van der Waals surface area contributed by atoms with E-state index in [-0.39, 0.29) is 0 Å². The van der Waals surface area contributed by atoms with Crippen LogP contribution in [-0.4, -0.2) is 22.1 Å². The predicted molar refractivity (Wildman–Crippen MR) is 60.6 cm³/mol. The first-order valence-corrected chi connectivity index (χ1v) is 5.23. The van der Waals surface area contributed by atoms with Crippen molar-refractivity contribution in [2.75, 3.05) is 7.05 Å². The molecule has 16 heavy (non-hydrogen) atoms. The van der Waals surface area contributed by atoms with E-state index >= 15 is 0 Å². The van der Waals surface area contributed by atoms with Gasteiger partial charge in [-0.05, 0) is 31.7 Å². The van der Waals surface area contributed by atoms with Crippen LogP contribution in [0, 0.1) is 6.92 Å². The Bertz CT molecular complexity index is 439. The van der Waals surface area contributed by atoms with Gasteiger partial charge in [-0.1, -0.05) is 5.16 Å². The van der Waals surface area contributed by atoms with Gasteiger partial charge in [-0.3, -0.25) is 9.88 Å². The van der Waals surface area contributed by atoms with Crippen LogP contribution in [0.15, 0.2) is 35.1 Å². The summed E-state index contributed by atoms with van der Waals surface area (Å²) in [7, 11) is 2.06. The molecule has 0 amide bonds. The van der Waals surface area contributed by atoms with Crippen molar-refractivity contribution in [2.45, 2.75) is 20.0 Å². The summed E-state index contributed by atoms with van der Waals surface area (Å²) in [5.74, 6) is 0.854. The number of aromatic nitrogens is 2. The number of hydrogen-bond acceptors (Lipinski definition) is 4. The first kappa shape index (κ1) is 10.8. The lowest BCUT2D eigenvalue weighted by atomic mass is 10.2. The van der Waals surface area contributed by atoms with Crippen LogP contribution in [0.25, 0.3) is 0 Å². The summed E-state index contributed by atoms with van der Waals surface area (Å²) in [4.78, 5) is 6.18. The molecular formula is C12H15N3O. The van der Waals surface area contributed by atoms with Crippen LogP contribution in [-0.2, 0) is 13.1 Å². The minimum atomic E-state index is 0.791. The molecule has 0 N–H and O–H groups in total. The fourth-order valence-corrected chi connectivity index (χ4v) is 1.62. The Morgan fingerprint density at radius 3 is 2.62 bits per heavy atom. The maximum absolute atomic E-state index is 5.03. The topological polar surface area (TPSA) is 42.2 Å². The van der Waals surface area contributed by atoms with Gasteiger partial charge in [0.15, 0.2) is 0 Å². The van der Waals surface area contributed by atoms with Crippen LogP contribution in [0.2, 0.25) is 0 Å². The Balaban J connectivity index is 1.92. The van der Waals surface area contributed by atoms with Gasteiger partial charge >= 0.3 is 0 Å². The van der Waals surface area contributed by atoms with E-state index in [2.05, 4.69) is 22.1 Å². The molecule has 0 aliphatic carbocycles. The van der Waals surface area contributed by atoms with E-state index in [1.165, 1.54) is 5.56 Å². The molecule has 0 unspecified atom stereocenters. The van der Waals surface area contributed by atoms with Crippen molar-refractivity contribution in [3.8, 4) is 0 Å². The molecule has 4 heteroatoms. The van der Waals surface area contributed by atoms with E-state index in [1.54, 1.807) is 0 Å². The van der Waals surface area contributed by atoms with E-state index in [9.17, 15) is 0 Å². The highest BCUT2D eigenvalue weighted by Gasteiger charge is 2.05. The van der Waals surface area contributed by atoms with Crippen molar-refractivity contribution >= 4 is 0 Å². The summed E-state index contributed by atoms with van der Waals surface area (Å²) in [6.45, 7) is 3.58. The summed E-state index contributed by atoms with van der Waals surface area (Å²) in [6.07, 6.45) is 3.62. The van der Waals surface area contributed by atoms with E-state index in [0.29, 0.717) is 0 Å². The van der Waals surface area contributed by atoms with Crippen molar-refractivity contribution in [1.29, 1.82) is 0 Å². The molecule has 2 heterocycles. The molecule has 0 aliphatic heterocycles. The number of hydrogen-bond donors (Lipinski definition) is 0. The van der Waals surface area contributed by atoms with Gasteiger partial charge in [0.2, 0.25) is 0 Å². The maximum Gasteiger partial charge on any atom is 0.133 e. The normalized spacial score (nSPS) is 10.9. The van der Waals surface area contributed by atoms with Crippen molar-refractivity contribution in [3.63, 3.8) is 0 Å². The standard InChI is InChI=1S/C12H15N3O/c1-10-7-12(14-16-10)9-15(2)8-11-3-5-13-6-4-11/h3-7H,8-9H2,1-2H3. The van der Waals surface area contributed by atoms with Gasteiger partial charge in [0.05, 0.1) is 5.69 Å². The van der Waals surface area contributed by atoms with Crippen molar-refractivity contribution in [3.05, 3.63) is 47.6 Å². The molecule has 0 saturated heterocycles. The van der Waals surface area contributed by atoms with Crippen LogP contribution in [0.1, 0.15) is 17.0 Å². The Hall–Kier alpha value is -1.68. The summed E-state index contributed by atoms with van der Waals surface area (Å²) >= 11 is 0. The smallest absolute Gasteiger partial charge is 0.133 e. The summed E-state index contributed by atoms with van der Waals surface area (Å²) in [5, 5.41) is 3.97. The Morgan fingerprint density at radius 2 is 2.00 bits per heavy atom. The van der Waals surface area contributed by atoms with Gasteiger partial charge in [0, 0.05) is 31.5 Å². The summed E-state index contributed by atoms with van der Waals surface area (Å²) in [6, 6.07) is 6.00. The largest absolute Gasteiger partial charge is 0.361 e. The fraction of sp³-hybridized carbons (Fsp3) is 0.333. The molecule has 0 saturated carbocycles. The predicted octanol–water partition coefficient (Wildman–Crippen LogP) is 2.01. The molecule has 2 aromatic rings. The number of nitrogens with zero attached hydrogens (tertiary/aromatic N) is 3. The van der Waals surface area contributed by atoms with Crippen molar-refractivity contribution < 1.29 is 4.52 Å². The molecule has 0 aliphatic rings. The molecule has 0 fully saturated rings. The molecule has 0 aromatic carbocycles. The fourth-order valence-electron chi connectivity index (χ4n) is 1.62. The zero-order chi connectivity index (χ0) is 11.4. The number of pyridine rings is 1. The maximum atomic E-state index is 5.03. The van der Waals surface area contributed by atoms with Crippen LogP contribution in [0.4, 0.5) is 0 Å². The first-order valence-electron chi connectivity index (χ1n) is 5.23. The van der Waals surface area contributed by atoms with Crippen LogP contribution < -0.4 is 0 Å². The quantitative estimate of drug-likeness (QED) is 0.785. The van der Waals surface area contributed by atoms with E-state index in [1.807, 2.05) is 37.5 Å². The Labute approximate surface area is 94.9 Å². The lowest BCUT2D eigenvalue weighted by molar-refractivity contribution is 0.302. The van der Waals surface area contributed by atoms with Crippen LogP contribution >= 0.6 is 0 Å². The molecule has 2 aromatic heterocycles. The monoisotopic (exact) mass is 217 g/mol. The molecule has 0 bridgehead atoms. The number of rotatable bonds is 4. The van der Waals surface area contributed by atoms with Gasteiger partial charge in [0.25, 0.3) is 0 Å². The third kappa shape index (κ3) is 2.90. The van der Waals surface area contributed by atoms with Gasteiger partial charge in [-0.15, -0.1) is 0 Å². The van der Waals surface area contributed by atoms with Crippen molar-refractivity contribution in [2.24, 2.45) is 0 Å². The third-order valence-electron chi connectivity index (χ3n) is 2.31. The van der Waals surface area contributed by atoms with E-state index in [0.717, 1.165) is 24.5 Å².